The number of nitrogens with zero attached hydrogens (tertiary/aromatic N) is 4. The second kappa shape index (κ2) is 3.56. The first-order valence-electron chi connectivity index (χ1n) is 4.68. The van der Waals surface area contributed by atoms with Gasteiger partial charge in [-0.1, -0.05) is 12.8 Å². The molecule has 0 unspecified atom stereocenters. The summed E-state index contributed by atoms with van der Waals surface area (Å²) in [6.45, 7) is 0.925. The van der Waals surface area contributed by atoms with Crippen LogP contribution in [0.2, 0.25) is 0 Å². The van der Waals surface area contributed by atoms with Gasteiger partial charge in [0, 0.05) is 6.54 Å². The minimum atomic E-state index is 0.276. The summed E-state index contributed by atoms with van der Waals surface area (Å²) in [5.41, 5.74) is 0. The molecule has 1 aliphatic rings. The molecule has 0 atom stereocenters. The predicted molar refractivity (Wildman–Crippen MR) is 46.7 cm³/mol. The first-order chi connectivity index (χ1) is 6.38. The van der Waals surface area contributed by atoms with E-state index in [0.717, 1.165) is 12.5 Å². The summed E-state index contributed by atoms with van der Waals surface area (Å²) in [6.07, 6.45) is 6.91. The number of nitriles is 1. The summed E-state index contributed by atoms with van der Waals surface area (Å²) in [4.78, 5) is 3.87. The molecule has 4 heteroatoms. The van der Waals surface area contributed by atoms with Gasteiger partial charge in [0.25, 0.3) is 5.82 Å². The molecule has 0 aromatic carbocycles. The molecule has 13 heavy (non-hydrogen) atoms. The molecule has 2 rings (SSSR count). The largest absolute Gasteiger partial charge is 0.252 e. The van der Waals surface area contributed by atoms with Crippen molar-refractivity contribution < 1.29 is 0 Å². The van der Waals surface area contributed by atoms with Gasteiger partial charge in [-0.3, -0.25) is 4.68 Å². The van der Waals surface area contributed by atoms with Crippen LogP contribution in [0.15, 0.2) is 6.33 Å². The summed E-state index contributed by atoms with van der Waals surface area (Å²) in [5.74, 6) is 1.02. The first-order valence-corrected chi connectivity index (χ1v) is 4.68. The molecule has 0 amide bonds. The molecule has 0 radical (unpaired) electrons. The van der Waals surface area contributed by atoms with Gasteiger partial charge in [0.15, 0.2) is 0 Å². The van der Waals surface area contributed by atoms with Crippen LogP contribution in [-0.4, -0.2) is 14.8 Å². The highest BCUT2D eigenvalue weighted by Gasteiger charge is 2.15. The van der Waals surface area contributed by atoms with Crippen LogP contribution < -0.4 is 0 Å². The maximum Gasteiger partial charge on any atom is 0.252 e. The lowest BCUT2D eigenvalue weighted by Gasteiger charge is -2.06. The smallest absolute Gasteiger partial charge is 0.251 e. The molecule has 1 aromatic heterocycles. The Labute approximate surface area is 77.2 Å². The highest BCUT2D eigenvalue weighted by molar-refractivity contribution is 5.05. The molecule has 1 heterocycles. The molecule has 1 aromatic rings. The third-order valence-corrected chi connectivity index (χ3v) is 2.56. The Morgan fingerprint density at radius 1 is 1.54 bits per heavy atom. The van der Waals surface area contributed by atoms with Crippen molar-refractivity contribution in [3.8, 4) is 6.07 Å². The summed E-state index contributed by atoms with van der Waals surface area (Å²) in [6, 6.07) is 1.93. The van der Waals surface area contributed by atoms with Gasteiger partial charge in [-0.2, -0.15) is 5.26 Å². The Balaban J connectivity index is 1.97. The van der Waals surface area contributed by atoms with Gasteiger partial charge in [0.2, 0.25) is 0 Å². The minimum Gasteiger partial charge on any atom is -0.251 e. The van der Waals surface area contributed by atoms with Crippen LogP contribution >= 0.6 is 0 Å². The second-order valence-electron chi connectivity index (χ2n) is 3.55. The van der Waals surface area contributed by atoms with E-state index in [2.05, 4.69) is 10.1 Å². The summed E-state index contributed by atoms with van der Waals surface area (Å²) < 4.78 is 1.79. The van der Waals surface area contributed by atoms with Crippen LogP contribution in [0.4, 0.5) is 0 Å². The zero-order valence-electron chi connectivity index (χ0n) is 7.48. The summed E-state index contributed by atoms with van der Waals surface area (Å²) in [5, 5.41) is 12.6. The molecular weight excluding hydrogens is 164 g/mol. The molecule has 0 aliphatic heterocycles. The van der Waals surface area contributed by atoms with Gasteiger partial charge in [0.1, 0.15) is 12.4 Å². The Kier molecular flexibility index (Phi) is 2.26. The maximum absolute atomic E-state index is 8.52. The minimum absolute atomic E-state index is 0.276. The van der Waals surface area contributed by atoms with Gasteiger partial charge in [-0.15, -0.1) is 5.10 Å². The van der Waals surface area contributed by atoms with Crippen molar-refractivity contribution in [2.24, 2.45) is 5.92 Å². The van der Waals surface area contributed by atoms with E-state index in [1.165, 1.54) is 25.7 Å². The Hall–Kier alpha value is -1.37. The summed E-state index contributed by atoms with van der Waals surface area (Å²) in [7, 11) is 0. The fourth-order valence-corrected chi connectivity index (χ4v) is 1.89. The Morgan fingerprint density at radius 2 is 2.31 bits per heavy atom. The molecule has 4 nitrogen and oxygen atoms in total. The third-order valence-electron chi connectivity index (χ3n) is 2.56. The van der Waals surface area contributed by atoms with Crippen LogP contribution in [0.25, 0.3) is 0 Å². The van der Waals surface area contributed by atoms with Gasteiger partial charge < -0.3 is 0 Å². The van der Waals surface area contributed by atoms with Gasteiger partial charge in [-0.05, 0) is 18.8 Å². The van der Waals surface area contributed by atoms with Crippen molar-refractivity contribution in [3.05, 3.63) is 12.2 Å². The number of hydrogen-bond donors (Lipinski definition) is 0. The Morgan fingerprint density at radius 3 is 2.92 bits per heavy atom. The number of hydrogen-bond acceptors (Lipinski definition) is 3. The fourth-order valence-electron chi connectivity index (χ4n) is 1.89. The monoisotopic (exact) mass is 176 g/mol. The van der Waals surface area contributed by atoms with E-state index in [9.17, 15) is 0 Å². The molecule has 1 aliphatic carbocycles. The van der Waals surface area contributed by atoms with E-state index in [1.807, 2.05) is 6.07 Å². The summed E-state index contributed by atoms with van der Waals surface area (Å²) >= 11 is 0. The van der Waals surface area contributed by atoms with Crippen molar-refractivity contribution >= 4 is 0 Å². The zero-order chi connectivity index (χ0) is 9.10. The lowest BCUT2D eigenvalue weighted by atomic mass is 10.1. The highest BCUT2D eigenvalue weighted by atomic mass is 15.3. The quantitative estimate of drug-likeness (QED) is 0.683. The molecule has 0 spiro atoms. The lowest BCUT2D eigenvalue weighted by molar-refractivity contribution is 0.428. The molecule has 0 bridgehead atoms. The molecule has 0 N–H and O–H groups in total. The van der Waals surface area contributed by atoms with E-state index in [4.69, 9.17) is 5.26 Å². The van der Waals surface area contributed by atoms with E-state index >= 15 is 0 Å². The lowest BCUT2D eigenvalue weighted by Crippen LogP contribution is -2.07. The fraction of sp³-hybridized carbons (Fsp3) is 0.667. The maximum atomic E-state index is 8.52. The van der Waals surface area contributed by atoms with Crippen molar-refractivity contribution in [3.63, 3.8) is 0 Å². The van der Waals surface area contributed by atoms with Crippen LogP contribution in [-0.2, 0) is 6.54 Å². The topological polar surface area (TPSA) is 54.5 Å². The molecule has 1 fully saturated rings. The molecule has 0 saturated heterocycles. The van der Waals surface area contributed by atoms with E-state index in [-0.39, 0.29) is 5.82 Å². The third kappa shape index (κ3) is 1.86. The molecule has 1 saturated carbocycles. The van der Waals surface area contributed by atoms with E-state index in [1.54, 1.807) is 11.0 Å². The van der Waals surface area contributed by atoms with Gasteiger partial charge >= 0.3 is 0 Å². The van der Waals surface area contributed by atoms with Crippen molar-refractivity contribution in [1.82, 2.24) is 14.8 Å². The van der Waals surface area contributed by atoms with Crippen molar-refractivity contribution in [2.45, 2.75) is 32.2 Å². The average Bonchev–Trinajstić information content (AvgIpc) is 2.76. The number of rotatable bonds is 2. The number of aromatic nitrogens is 3. The molecular formula is C9H12N4. The first kappa shape index (κ1) is 8.24. The van der Waals surface area contributed by atoms with E-state index < -0.39 is 0 Å². The molecule has 68 valence electrons. The standard InChI is InChI=1S/C9H12N4/c10-5-9-11-7-13(12-9)6-8-3-1-2-4-8/h7-8H,1-4,6H2. The van der Waals surface area contributed by atoms with Crippen LogP contribution in [0.3, 0.4) is 0 Å². The second-order valence-corrected chi connectivity index (χ2v) is 3.55. The van der Waals surface area contributed by atoms with E-state index in [0.29, 0.717) is 0 Å². The average molecular weight is 176 g/mol. The SMILES string of the molecule is N#Cc1ncn(CC2CCCC2)n1. The zero-order valence-corrected chi connectivity index (χ0v) is 7.48. The van der Waals surface area contributed by atoms with Crippen LogP contribution in [0, 0.1) is 17.2 Å². The van der Waals surface area contributed by atoms with Gasteiger partial charge in [-0.25, -0.2) is 4.98 Å². The van der Waals surface area contributed by atoms with Crippen LogP contribution in [0.1, 0.15) is 31.5 Å². The normalized spacial score (nSPS) is 17.5. The predicted octanol–water partition coefficient (Wildman–Crippen LogP) is 1.34. The van der Waals surface area contributed by atoms with Gasteiger partial charge in [0.05, 0.1) is 0 Å². The highest BCUT2D eigenvalue weighted by Crippen LogP contribution is 2.25. The van der Waals surface area contributed by atoms with Crippen molar-refractivity contribution in [1.29, 1.82) is 5.26 Å². The Bertz CT molecular complexity index is 317. The van der Waals surface area contributed by atoms with Crippen molar-refractivity contribution in [2.75, 3.05) is 0 Å². The van der Waals surface area contributed by atoms with Crippen LogP contribution in [0.5, 0.6) is 0 Å².